The maximum Gasteiger partial charge on any atom is 0.338 e. The van der Waals surface area contributed by atoms with Crippen molar-refractivity contribution >= 4 is 29.4 Å². The number of anilines is 1. The molecule has 168 valence electrons. The van der Waals surface area contributed by atoms with E-state index >= 15 is 0 Å². The number of nitrogens with one attached hydrogen (secondary N) is 1. The molecule has 0 atom stereocenters. The van der Waals surface area contributed by atoms with Crippen molar-refractivity contribution in [1.29, 1.82) is 0 Å². The number of nitrogens with two attached hydrogens (primary N) is 2. The first-order valence-electron chi connectivity index (χ1n) is 10.2. The number of aryl methyl sites for hydroxylation is 2. The summed E-state index contributed by atoms with van der Waals surface area (Å²) < 4.78 is 5.18. The van der Waals surface area contributed by atoms with E-state index in [0.29, 0.717) is 12.0 Å². The van der Waals surface area contributed by atoms with Crippen LogP contribution in [0.4, 0.5) is 5.69 Å². The van der Waals surface area contributed by atoms with E-state index in [1.54, 1.807) is 12.1 Å². The van der Waals surface area contributed by atoms with Gasteiger partial charge in [0.15, 0.2) is 6.61 Å². The number of hydrogen-bond donors (Lipinski definition) is 3. The van der Waals surface area contributed by atoms with Crippen LogP contribution in [0.25, 0.3) is 0 Å². The van der Waals surface area contributed by atoms with E-state index < -0.39 is 30.3 Å². The molecule has 0 radical (unpaired) electrons. The Hall–Kier alpha value is -4.46. The SMILES string of the molecule is NC(=O)c1cc(NC(=O)COC(=O)c2ccccc2CCc2ccccc2)cc(C(N)=O)c1. The molecule has 33 heavy (non-hydrogen) atoms. The van der Waals surface area contributed by atoms with Crippen molar-refractivity contribution in [1.82, 2.24) is 0 Å². The fourth-order valence-corrected chi connectivity index (χ4v) is 3.25. The first kappa shape index (κ1) is 23.2. The average Bonchev–Trinajstić information content (AvgIpc) is 2.81. The lowest BCUT2D eigenvalue weighted by Crippen LogP contribution is -2.22. The lowest BCUT2D eigenvalue weighted by Gasteiger charge is -2.11. The van der Waals surface area contributed by atoms with Gasteiger partial charge in [-0.1, -0.05) is 48.5 Å². The molecule has 0 aromatic heterocycles. The summed E-state index contributed by atoms with van der Waals surface area (Å²) in [4.78, 5) is 47.8. The van der Waals surface area contributed by atoms with Crippen molar-refractivity contribution in [3.8, 4) is 0 Å². The van der Waals surface area contributed by atoms with Gasteiger partial charge in [-0.3, -0.25) is 14.4 Å². The predicted octanol–water partition coefficient (Wildman–Crippen LogP) is 2.47. The zero-order valence-corrected chi connectivity index (χ0v) is 17.7. The minimum absolute atomic E-state index is 0.00550. The van der Waals surface area contributed by atoms with E-state index in [1.807, 2.05) is 42.5 Å². The van der Waals surface area contributed by atoms with Crippen molar-refractivity contribution in [2.75, 3.05) is 11.9 Å². The molecule has 3 rings (SSSR count). The second kappa shape index (κ2) is 10.7. The highest BCUT2D eigenvalue weighted by molar-refractivity contribution is 6.02. The molecule has 0 bridgehead atoms. The molecule has 0 fully saturated rings. The highest BCUT2D eigenvalue weighted by Gasteiger charge is 2.15. The molecule has 0 heterocycles. The number of amides is 3. The summed E-state index contributed by atoms with van der Waals surface area (Å²) in [6, 6.07) is 20.8. The van der Waals surface area contributed by atoms with Crippen molar-refractivity contribution < 1.29 is 23.9 Å². The summed E-state index contributed by atoms with van der Waals surface area (Å²) in [6.07, 6.45) is 1.39. The zero-order chi connectivity index (χ0) is 23.8. The van der Waals surface area contributed by atoms with E-state index in [4.69, 9.17) is 16.2 Å². The number of hydrogen-bond acceptors (Lipinski definition) is 5. The molecule has 3 aromatic carbocycles. The van der Waals surface area contributed by atoms with Gasteiger partial charge in [-0.15, -0.1) is 0 Å². The minimum atomic E-state index is -0.785. The fraction of sp³-hybridized carbons (Fsp3) is 0.120. The van der Waals surface area contributed by atoms with Gasteiger partial charge in [-0.05, 0) is 48.2 Å². The minimum Gasteiger partial charge on any atom is -0.452 e. The molecule has 3 aromatic rings. The maximum absolute atomic E-state index is 12.6. The Morgan fingerprint density at radius 1 is 0.758 bits per heavy atom. The summed E-state index contributed by atoms with van der Waals surface area (Å²) in [5, 5.41) is 2.47. The third kappa shape index (κ3) is 6.51. The number of benzene rings is 3. The van der Waals surface area contributed by atoms with Crippen LogP contribution < -0.4 is 16.8 Å². The average molecular weight is 445 g/mol. The largest absolute Gasteiger partial charge is 0.452 e. The predicted molar refractivity (Wildman–Crippen MR) is 123 cm³/mol. The van der Waals surface area contributed by atoms with Gasteiger partial charge >= 0.3 is 5.97 Å². The molecule has 8 heteroatoms. The maximum atomic E-state index is 12.6. The van der Waals surface area contributed by atoms with E-state index in [1.165, 1.54) is 18.2 Å². The van der Waals surface area contributed by atoms with Crippen LogP contribution in [0.2, 0.25) is 0 Å². The van der Waals surface area contributed by atoms with Gasteiger partial charge in [0.05, 0.1) is 5.56 Å². The Morgan fingerprint density at radius 3 is 2.00 bits per heavy atom. The topological polar surface area (TPSA) is 142 Å². The Bertz CT molecular complexity index is 1160. The monoisotopic (exact) mass is 445 g/mol. The molecule has 5 N–H and O–H groups in total. The number of primary amides is 2. The van der Waals surface area contributed by atoms with Gasteiger partial charge in [-0.25, -0.2) is 4.79 Å². The molecule has 0 spiro atoms. The van der Waals surface area contributed by atoms with Gasteiger partial charge in [0.1, 0.15) is 0 Å². The van der Waals surface area contributed by atoms with Gasteiger partial charge in [-0.2, -0.15) is 0 Å². The summed E-state index contributed by atoms with van der Waals surface area (Å²) in [6.45, 7) is -0.557. The Morgan fingerprint density at radius 2 is 1.36 bits per heavy atom. The highest BCUT2D eigenvalue weighted by Crippen LogP contribution is 2.16. The Labute approximate surface area is 190 Å². The molecule has 8 nitrogen and oxygen atoms in total. The molecular formula is C25H23N3O5. The summed E-state index contributed by atoms with van der Waals surface area (Å²) in [5.41, 5.74) is 13.0. The van der Waals surface area contributed by atoms with Crippen LogP contribution in [0.15, 0.2) is 72.8 Å². The van der Waals surface area contributed by atoms with Crippen LogP contribution in [0, 0.1) is 0 Å². The number of rotatable bonds is 9. The molecule has 3 amide bonds. The molecule has 0 saturated carbocycles. The normalized spacial score (nSPS) is 10.3. The lowest BCUT2D eigenvalue weighted by molar-refractivity contribution is -0.119. The van der Waals surface area contributed by atoms with Crippen LogP contribution in [-0.2, 0) is 22.4 Å². The van der Waals surface area contributed by atoms with Crippen LogP contribution in [0.5, 0.6) is 0 Å². The van der Waals surface area contributed by atoms with Gasteiger partial charge in [0.2, 0.25) is 11.8 Å². The standard InChI is InChI=1S/C25H23N3O5/c26-23(30)18-12-19(24(27)31)14-20(13-18)28-22(29)15-33-25(32)21-9-5-4-8-17(21)11-10-16-6-2-1-3-7-16/h1-9,12-14H,10-11,15H2,(H2,26,30)(H2,27,31)(H,28,29). The number of ether oxygens (including phenoxy) is 1. The highest BCUT2D eigenvalue weighted by atomic mass is 16.5. The number of carbonyl (C=O) groups is 4. The Kier molecular flexibility index (Phi) is 7.54. The number of carbonyl (C=O) groups excluding carboxylic acids is 4. The second-order valence-electron chi connectivity index (χ2n) is 7.29. The quantitative estimate of drug-likeness (QED) is 0.434. The third-order valence-electron chi connectivity index (χ3n) is 4.88. The molecule has 0 aliphatic heterocycles. The number of esters is 1. The van der Waals surface area contributed by atoms with Crippen molar-refractivity contribution in [2.45, 2.75) is 12.8 Å². The van der Waals surface area contributed by atoms with E-state index in [2.05, 4.69) is 5.32 Å². The summed E-state index contributed by atoms with van der Waals surface area (Å²) >= 11 is 0. The Balaban J connectivity index is 1.63. The van der Waals surface area contributed by atoms with Crippen LogP contribution in [-0.4, -0.2) is 30.3 Å². The lowest BCUT2D eigenvalue weighted by atomic mass is 10.00. The van der Waals surface area contributed by atoms with E-state index in [9.17, 15) is 19.2 Å². The molecular weight excluding hydrogens is 422 g/mol. The van der Waals surface area contributed by atoms with Gasteiger partial charge in [0.25, 0.3) is 5.91 Å². The fourth-order valence-electron chi connectivity index (χ4n) is 3.25. The smallest absolute Gasteiger partial charge is 0.338 e. The molecule has 0 aliphatic rings. The van der Waals surface area contributed by atoms with Gasteiger partial charge in [0, 0.05) is 16.8 Å². The first-order chi connectivity index (χ1) is 15.8. The van der Waals surface area contributed by atoms with Gasteiger partial charge < -0.3 is 21.5 Å². The zero-order valence-electron chi connectivity index (χ0n) is 17.7. The summed E-state index contributed by atoms with van der Waals surface area (Å²) in [7, 11) is 0. The van der Waals surface area contributed by atoms with Crippen molar-refractivity contribution in [3.63, 3.8) is 0 Å². The van der Waals surface area contributed by atoms with Crippen molar-refractivity contribution in [2.24, 2.45) is 11.5 Å². The first-order valence-corrected chi connectivity index (χ1v) is 10.2. The molecule has 0 aliphatic carbocycles. The van der Waals surface area contributed by atoms with Crippen LogP contribution >= 0.6 is 0 Å². The van der Waals surface area contributed by atoms with Crippen molar-refractivity contribution in [3.05, 3.63) is 101 Å². The van der Waals surface area contributed by atoms with Crippen LogP contribution in [0.3, 0.4) is 0 Å². The van der Waals surface area contributed by atoms with E-state index in [0.717, 1.165) is 17.5 Å². The second-order valence-corrected chi connectivity index (χ2v) is 7.29. The van der Waals surface area contributed by atoms with E-state index in [-0.39, 0.29) is 16.8 Å². The molecule has 0 unspecified atom stereocenters. The molecule has 0 saturated heterocycles. The third-order valence-corrected chi connectivity index (χ3v) is 4.88. The summed E-state index contributed by atoms with van der Waals surface area (Å²) in [5.74, 6) is -2.85. The van der Waals surface area contributed by atoms with Crippen LogP contribution in [0.1, 0.15) is 42.2 Å².